The first kappa shape index (κ1) is 19.7. The second-order valence-corrected chi connectivity index (χ2v) is 5.29. The Labute approximate surface area is 128 Å². The molecule has 0 radical (unpaired) electrons. The second kappa shape index (κ2) is 13.7. The number of unbranched alkanes of at least 4 members (excludes halogenated alkanes) is 8. The molecule has 0 fully saturated rings. The summed E-state index contributed by atoms with van der Waals surface area (Å²) in [7, 11) is 0. The molecular weight excluding hydrogens is 268 g/mol. The SMILES string of the molecule is CCCCCCCCCCCC(=O)/C=C(/O)C(=O)OCC. The molecule has 0 rings (SSSR count). The lowest BCUT2D eigenvalue weighted by Crippen LogP contribution is -2.09. The van der Waals surface area contributed by atoms with Crippen molar-refractivity contribution in [2.75, 3.05) is 6.61 Å². The quantitative estimate of drug-likeness (QED) is 0.236. The van der Waals surface area contributed by atoms with Crippen LogP contribution in [-0.4, -0.2) is 23.5 Å². The van der Waals surface area contributed by atoms with E-state index in [-0.39, 0.29) is 12.4 Å². The molecule has 0 aromatic heterocycles. The largest absolute Gasteiger partial charge is 0.502 e. The fourth-order valence-corrected chi connectivity index (χ4v) is 2.10. The maximum atomic E-state index is 11.5. The van der Waals surface area contributed by atoms with Gasteiger partial charge < -0.3 is 9.84 Å². The van der Waals surface area contributed by atoms with Crippen LogP contribution in [-0.2, 0) is 14.3 Å². The monoisotopic (exact) mass is 298 g/mol. The molecule has 0 heterocycles. The van der Waals surface area contributed by atoms with Crippen LogP contribution < -0.4 is 0 Å². The predicted octanol–water partition coefficient (Wildman–Crippen LogP) is 4.48. The highest BCUT2D eigenvalue weighted by atomic mass is 16.5. The molecule has 4 nitrogen and oxygen atoms in total. The maximum absolute atomic E-state index is 11.5. The van der Waals surface area contributed by atoms with Crippen molar-refractivity contribution in [3.8, 4) is 0 Å². The average Bonchev–Trinajstić information content (AvgIpc) is 2.45. The topological polar surface area (TPSA) is 63.6 Å². The number of carbonyl (C=O) groups excluding carboxylic acids is 2. The number of hydrogen-bond acceptors (Lipinski definition) is 4. The van der Waals surface area contributed by atoms with Crippen molar-refractivity contribution in [1.29, 1.82) is 0 Å². The molecular formula is C17H30O4. The lowest BCUT2D eigenvalue weighted by atomic mass is 10.1. The summed E-state index contributed by atoms with van der Waals surface area (Å²) >= 11 is 0. The van der Waals surface area contributed by atoms with E-state index in [2.05, 4.69) is 11.7 Å². The molecule has 0 aromatic rings. The molecule has 0 aromatic carbocycles. The van der Waals surface area contributed by atoms with Gasteiger partial charge in [0.05, 0.1) is 6.61 Å². The predicted molar refractivity (Wildman–Crippen MR) is 84.2 cm³/mol. The summed E-state index contributed by atoms with van der Waals surface area (Å²) in [5, 5.41) is 9.33. The van der Waals surface area contributed by atoms with E-state index in [1.807, 2.05) is 0 Å². The molecule has 21 heavy (non-hydrogen) atoms. The first-order valence-corrected chi connectivity index (χ1v) is 8.22. The Morgan fingerprint density at radius 3 is 1.95 bits per heavy atom. The fraction of sp³-hybridized carbons (Fsp3) is 0.765. The van der Waals surface area contributed by atoms with Crippen molar-refractivity contribution in [2.45, 2.75) is 78.1 Å². The van der Waals surface area contributed by atoms with Crippen LogP contribution >= 0.6 is 0 Å². The number of hydrogen-bond donors (Lipinski definition) is 1. The van der Waals surface area contributed by atoms with Gasteiger partial charge in [-0.25, -0.2) is 4.79 Å². The summed E-state index contributed by atoms with van der Waals surface area (Å²) in [6.45, 7) is 4.05. The summed E-state index contributed by atoms with van der Waals surface area (Å²) in [5.74, 6) is -1.65. The van der Waals surface area contributed by atoms with E-state index in [1.165, 1.54) is 38.5 Å². The van der Waals surface area contributed by atoms with Gasteiger partial charge in [-0.05, 0) is 13.3 Å². The van der Waals surface area contributed by atoms with Crippen LogP contribution in [0, 0.1) is 0 Å². The van der Waals surface area contributed by atoms with Crippen molar-refractivity contribution < 1.29 is 19.4 Å². The zero-order valence-electron chi connectivity index (χ0n) is 13.5. The number of ether oxygens (including phenoxy) is 1. The molecule has 0 aliphatic heterocycles. The van der Waals surface area contributed by atoms with Gasteiger partial charge in [0.15, 0.2) is 5.78 Å². The van der Waals surface area contributed by atoms with E-state index in [0.717, 1.165) is 25.3 Å². The number of allylic oxidation sites excluding steroid dienone is 1. The third-order valence-corrected chi connectivity index (χ3v) is 3.31. The van der Waals surface area contributed by atoms with Crippen LogP contribution in [0.15, 0.2) is 11.8 Å². The van der Waals surface area contributed by atoms with Crippen LogP contribution in [0.5, 0.6) is 0 Å². The van der Waals surface area contributed by atoms with Crippen molar-refractivity contribution in [3.63, 3.8) is 0 Å². The van der Waals surface area contributed by atoms with Gasteiger partial charge in [-0.2, -0.15) is 0 Å². The number of aliphatic hydroxyl groups is 1. The molecule has 4 heteroatoms. The van der Waals surface area contributed by atoms with Gasteiger partial charge in [0.25, 0.3) is 0 Å². The Morgan fingerprint density at radius 1 is 0.905 bits per heavy atom. The molecule has 0 bridgehead atoms. The Bertz CT molecular complexity index is 321. The van der Waals surface area contributed by atoms with Crippen LogP contribution in [0.2, 0.25) is 0 Å². The summed E-state index contributed by atoms with van der Waals surface area (Å²) < 4.78 is 4.59. The highest BCUT2D eigenvalue weighted by Crippen LogP contribution is 2.11. The zero-order valence-corrected chi connectivity index (χ0v) is 13.5. The number of ketones is 1. The zero-order chi connectivity index (χ0) is 15.9. The summed E-state index contributed by atoms with van der Waals surface area (Å²) in [5.41, 5.74) is 0. The molecule has 122 valence electrons. The first-order chi connectivity index (χ1) is 10.1. The third kappa shape index (κ3) is 12.2. The molecule has 0 unspecified atom stereocenters. The number of rotatable bonds is 13. The van der Waals surface area contributed by atoms with Crippen molar-refractivity contribution in [3.05, 3.63) is 11.8 Å². The van der Waals surface area contributed by atoms with Gasteiger partial charge in [0.1, 0.15) is 0 Å². The Morgan fingerprint density at radius 2 is 1.43 bits per heavy atom. The van der Waals surface area contributed by atoms with Crippen molar-refractivity contribution >= 4 is 11.8 Å². The van der Waals surface area contributed by atoms with Gasteiger partial charge >= 0.3 is 5.97 Å². The molecule has 0 aliphatic carbocycles. The van der Waals surface area contributed by atoms with E-state index in [9.17, 15) is 14.7 Å². The average molecular weight is 298 g/mol. The Hall–Kier alpha value is -1.32. The Kier molecular flexibility index (Phi) is 12.8. The minimum Gasteiger partial charge on any atom is -0.502 e. The smallest absolute Gasteiger partial charge is 0.373 e. The van der Waals surface area contributed by atoms with Crippen molar-refractivity contribution in [1.82, 2.24) is 0 Å². The molecule has 1 N–H and O–H groups in total. The maximum Gasteiger partial charge on any atom is 0.373 e. The molecule has 0 saturated carbocycles. The highest BCUT2D eigenvalue weighted by molar-refractivity contribution is 5.97. The molecule has 0 amide bonds. The molecule has 0 spiro atoms. The van der Waals surface area contributed by atoms with E-state index < -0.39 is 11.7 Å². The van der Waals surface area contributed by atoms with Gasteiger partial charge in [-0.15, -0.1) is 0 Å². The van der Waals surface area contributed by atoms with E-state index in [0.29, 0.717) is 6.42 Å². The van der Waals surface area contributed by atoms with Crippen LogP contribution in [0.1, 0.15) is 78.1 Å². The number of aliphatic hydroxyl groups excluding tert-OH is 1. The van der Waals surface area contributed by atoms with E-state index in [1.54, 1.807) is 6.92 Å². The molecule has 0 atom stereocenters. The van der Waals surface area contributed by atoms with E-state index >= 15 is 0 Å². The third-order valence-electron chi connectivity index (χ3n) is 3.31. The molecule has 0 aliphatic rings. The Balaban J connectivity index is 3.57. The van der Waals surface area contributed by atoms with Crippen molar-refractivity contribution in [2.24, 2.45) is 0 Å². The minimum atomic E-state index is -0.835. The van der Waals surface area contributed by atoms with Crippen LogP contribution in [0.3, 0.4) is 0 Å². The number of carbonyl (C=O) groups is 2. The lowest BCUT2D eigenvalue weighted by Gasteiger charge is -2.02. The highest BCUT2D eigenvalue weighted by Gasteiger charge is 2.10. The van der Waals surface area contributed by atoms with E-state index in [4.69, 9.17) is 0 Å². The normalized spacial score (nSPS) is 11.4. The van der Waals surface area contributed by atoms with Gasteiger partial charge in [0.2, 0.25) is 5.76 Å². The lowest BCUT2D eigenvalue weighted by molar-refractivity contribution is -0.141. The minimum absolute atomic E-state index is 0.184. The van der Waals surface area contributed by atoms with Gasteiger partial charge in [-0.3, -0.25) is 4.79 Å². The molecule has 0 saturated heterocycles. The second-order valence-electron chi connectivity index (χ2n) is 5.29. The number of esters is 1. The van der Waals surface area contributed by atoms with Gasteiger partial charge in [0, 0.05) is 12.5 Å². The summed E-state index contributed by atoms with van der Waals surface area (Å²) in [6, 6.07) is 0. The summed E-state index contributed by atoms with van der Waals surface area (Å²) in [4.78, 5) is 22.6. The standard InChI is InChI=1S/C17H30O4/c1-3-5-6-7-8-9-10-11-12-13-15(18)14-16(19)17(20)21-4-2/h14,19H,3-13H2,1-2H3/b16-14+. The van der Waals surface area contributed by atoms with Gasteiger partial charge in [-0.1, -0.05) is 58.3 Å². The van der Waals surface area contributed by atoms with Crippen LogP contribution in [0.25, 0.3) is 0 Å². The first-order valence-electron chi connectivity index (χ1n) is 8.22. The van der Waals surface area contributed by atoms with Crippen LogP contribution in [0.4, 0.5) is 0 Å². The fourth-order valence-electron chi connectivity index (χ4n) is 2.10. The summed E-state index contributed by atoms with van der Waals surface area (Å²) in [6.07, 6.45) is 12.1.